The number of carbonyl (C=O) groups is 1. The van der Waals surface area contributed by atoms with Crippen LogP contribution >= 0.6 is 23.1 Å². The second-order valence-electron chi connectivity index (χ2n) is 5.84. The predicted molar refractivity (Wildman–Crippen MR) is 99.7 cm³/mol. The molecule has 1 N–H and O–H groups in total. The van der Waals surface area contributed by atoms with E-state index in [1.54, 1.807) is 12.6 Å². The van der Waals surface area contributed by atoms with E-state index in [1.807, 2.05) is 25.1 Å². The van der Waals surface area contributed by atoms with Gasteiger partial charge in [0.05, 0.1) is 18.5 Å². The third-order valence-electron chi connectivity index (χ3n) is 4.01. The normalized spacial score (nSPS) is 15.8. The molecule has 1 heterocycles. The topological polar surface area (TPSA) is 73.3 Å². The molecule has 1 aliphatic rings. The molecule has 0 spiro atoms. The van der Waals surface area contributed by atoms with Gasteiger partial charge >= 0.3 is 0 Å². The number of hydrogen-bond acceptors (Lipinski definition) is 7. The van der Waals surface area contributed by atoms with Crippen LogP contribution in [0.15, 0.2) is 28.0 Å². The number of methoxy groups -OCH3 is 1. The summed E-state index contributed by atoms with van der Waals surface area (Å²) in [7, 11) is 1.62. The van der Waals surface area contributed by atoms with Crippen LogP contribution in [-0.4, -0.2) is 34.6 Å². The van der Waals surface area contributed by atoms with Crippen LogP contribution in [0, 0.1) is 0 Å². The van der Waals surface area contributed by atoms with Crippen molar-refractivity contribution in [3.63, 3.8) is 0 Å². The van der Waals surface area contributed by atoms with Gasteiger partial charge in [-0.15, -0.1) is 10.2 Å². The summed E-state index contributed by atoms with van der Waals surface area (Å²) >= 11 is 2.82. The first-order valence-electron chi connectivity index (χ1n) is 8.24. The largest absolute Gasteiger partial charge is 0.493 e. The van der Waals surface area contributed by atoms with Gasteiger partial charge in [0.1, 0.15) is 5.51 Å². The molecule has 1 amide bonds. The lowest BCUT2D eigenvalue weighted by Crippen LogP contribution is -2.22. The number of aromatic nitrogens is 2. The molecule has 0 radical (unpaired) electrons. The van der Waals surface area contributed by atoms with E-state index < -0.39 is 0 Å². The zero-order chi connectivity index (χ0) is 17.6. The van der Waals surface area contributed by atoms with Crippen LogP contribution in [0.25, 0.3) is 0 Å². The highest BCUT2D eigenvalue weighted by Crippen LogP contribution is 2.34. The fourth-order valence-corrected chi connectivity index (χ4v) is 4.32. The molecular weight excluding hydrogens is 358 g/mol. The monoisotopic (exact) mass is 379 g/mol. The van der Waals surface area contributed by atoms with Gasteiger partial charge in [0.25, 0.3) is 0 Å². The molecular formula is C17H21N3O3S2. The number of ether oxygens (including phenoxy) is 2. The van der Waals surface area contributed by atoms with Gasteiger partial charge < -0.3 is 14.8 Å². The number of rotatable bonds is 7. The van der Waals surface area contributed by atoms with Gasteiger partial charge in [0.15, 0.2) is 15.8 Å². The van der Waals surface area contributed by atoms with Gasteiger partial charge in [-0.1, -0.05) is 23.1 Å². The minimum absolute atomic E-state index is 0.0859. The number of nitrogens with one attached hydrogen (secondary N) is 1. The van der Waals surface area contributed by atoms with Gasteiger partial charge in [-0.2, -0.15) is 0 Å². The minimum atomic E-state index is -0.269. The Labute approximate surface area is 155 Å². The summed E-state index contributed by atoms with van der Waals surface area (Å²) < 4.78 is 12.2. The Kier molecular flexibility index (Phi) is 6.14. The number of carbonyl (C=O) groups excluding carboxylic acids is 1. The Morgan fingerprint density at radius 3 is 2.84 bits per heavy atom. The molecule has 1 aliphatic carbocycles. The molecule has 6 nitrogen and oxygen atoms in total. The molecule has 1 atom stereocenters. The summed E-state index contributed by atoms with van der Waals surface area (Å²) in [6.07, 6.45) is 4.75. The first kappa shape index (κ1) is 18.0. The van der Waals surface area contributed by atoms with Crippen LogP contribution < -0.4 is 14.8 Å². The Bertz CT molecular complexity index is 703. The van der Waals surface area contributed by atoms with Crippen LogP contribution in [0.1, 0.15) is 32.6 Å². The smallest absolute Gasteiger partial charge is 0.237 e. The maximum Gasteiger partial charge on any atom is 0.237 e. The van der Waals surface area contributed by atoms with Gasteiger partial charge in [0.2, 0.25) is 5.91 Å². The summed E-state index contributed by atoms with van der Waals surface area (Å²) in [5.41, 5.74) is 2.35. The van der Waals surface area contributed by atoms with Crippen molar-refractivity contribution >= 4 is 34.7 Å². The van der Waals surface area contributed by atoms with Crippen molar-refractivity contribution < 1.29 is 14.3 Å². The van der Waals surface area contributed by atoms with E-state index in [4.69, 9.17) is 9.47 Å². The zero-order valence-corrected chi connectivity index (χ0v) is 15.9. The Morgan fingerprint density at radius 2 is 2.16 bits per heavy atom. The second kappa shape index (κ2) is 8.53. The van der Waals surface area contributed by atoms with Crippen molar-refractivity contribution in [1.29, 1.82) is 0 Å². The van der Waals surface area contributed by atoms with E-state index in [1.165, 1.54) is 35.9 Å². The van der Waals surface area contributed by atoms with Crippen molar-refractivity contribution in [2.45, 2.75) is 48.3 Å². The number of hydrogen-bond donors (Lipinski definition) is 1. The van der Waals surface area contributed by atoms with Crippen molar-refractivity contribution in [3.05, 3.63) is 23.7 Å². The molecule has 1 aromatic carbocycles. The number of nitrogens with zero attached hydrogens (tertiary/aromatic N) is 2. The third-order valence-corrected chi connectivity index (χ3v) is 5.93. The van der Waals surface area contributed by atoms with E-state index in [2.05, 4.69) is 15.5 Å². The van der Waals surface area contributed by atoms with Crippen molar-refractivity contribution in [1.82, 2.24) is 10.2 Å². The second-order valence-corrected chi connectivity index (χ2v) is 8.27. The van der Waals surface area contributed by atoms with Gasteiger partial charge in [-0.05, 0) is 44.7 Å². The van der Waals surface area contributed by atoms with Crippen molar-refractivity contribution in [2.24, 2.45) is 0 Å². The fourth-order valence-electron chi connectivity index (χ4n) is 2.70. The fraction of sp³-hybridized carbons (Fsp3) is 0.471. The molecule has 1 fully saturated rings. The lowest BCUT2D eigenvalue weighted by molar-refractivity contribution is -0.115. The average Bonchev–Trinajstić information content (AvgIpc) is 3.29. The number of amides is 1. The lowest BCUT2D eigenvalue weighted by Gasteiger charge is -2.17. The molecule has 1 unspecified atom stereocenters. The van der Waals surface area contributed by atoms with Gasteiger partial charge in [-0.3, -0.25) is 4.79 Å². The average molecular weight is 380 g/mol. The highest BCUT2D eigenvalue weighted by Gasteiger charge is 2.20. The lowest BCUT2D eigenvalue weighted by atomic mass is 10.2. The summed E-state index contributed by atoms with van der Waals surface area (Å²) in [4.78, 5) is 12.4. The number of anilines is 1. The molecule has 0 aliphatic heterocycles. The minimum Gasteiger partial charge on any atom is -0.493 e. The van der Waals surface area contributed by atoms with E-state index in [9.17, 15) is 4.79 Å². The Morgan fingerprint density at radius 1 is 1.36 bits per heavy atom. The van der Waals surface area contributed by atoms with Crippen LogP contribution in [0.3, 0.4) is 0 Å². The standard InChI is InChI=1S/C17H21N3O3S2/c1-11(25-17-20-18-10-24-17)16(21)19-12-7-8-14(22-2)15(9-12)23-13-5-3-4-6-13/h7-11,13H,3-6H2,1-2H3,(H,19,21). The molecule has 3 rings (SSSR count). The molecule has 2 aromatic rings. The van der Waals surface area contributed by atoms with E-state index >= 15 is 0 Å². The Balaban J connectivity index is 1.65. The van der Waals surface area contributed by atoms with E-state index in [0.717, 1.165) is 17.2 Å². The summed E-state index contributed by atoms with van der Waals surface area (Å²) in [5, 5.41) is 10.4. The van der Waals surface area contributed by atoms with Gasteiger partial charge in [-0.25, -0.2) is 0 Å². The van der Waals surface area contributed by atoms with Gasteiger partial charge in [0, 0.05) is 11.8 Å². The maximum absolute atomic E-state index is 12.4. The molecule has 0 bridgehead atoms. The predicted octanol–water partition coefficient (Wildman–Crippen LogP) is 3.99. The number of thioether (sulfide) groups is 1. The SMILES string of the molecule is COc1ccc(NC(=O)C(C)Sc2nncs2)cc1OC1CCCC1. The van der Waals surface area contributed by atoms with E-state index in [-0.39, 0.29) is 17.3 Å². The first-order valence-corrected chi connectivity index (χ1v) is 10.00. The zero-order valence-electron chi connectivity index (χ0n) is 14.2. The van der Waals surface area contributed by atoms with E-state index in [0.29, 0.717) is 17.2 Å². The first-order chi connectivity index (χ1) is 12.2. The molecule has 1 saturated carbocycles. The van der Waals surface area contributed by atoms with Crippen molar-refractivity contribution in [3.8, 4) is 11.5 Å². The molecule has 8 heteroatoms. The summed E-state index contributed by atoms with van der Waals surface area (Å²) in [6.45, 7) is 1.85. The molecule has 1 aromatic heterocycles. The van der Waals surface area contributed by atoms with Crippen molar-refractivity contribution in [2.75, 3.05) is 12.4 Å². The highest BCUT2D eigenvalue weighted by atomic mass is 32.2. The molecule has 0 saturated heterocycles. The van der Waals surface area contributed by atoms with Crippen LogP contribution in [0.4, 0.5) is 5.69 Å². The third kappa shape index (κ3) is 4.85. The Hall–Kier alpha value is -1.80. The van der Waals surface area contributed by atoms with Crippen LogP contribution in [0.5, 0.6) is 11.5 Å². The maximum atomic E-state index is 12.4. The highest BCUT2D eigenvalue weighted by molar-refractivity contribution is 8.02. The number of benzene rings is 1. The quantitative estimate of drug-likeness (QED) is 0.734. The van der Waals surface area contributed by atoms with Crippen LogP contribution in [-0.2, 0) is 4.79 Å². The van der Waals surface area contributed by atoms with Crippen LogP contribution in [0.2, 0.25) is 0 Å². The summed E-state index contributed by atoms with van der Waals surface area (Å²) in [6, 6.07) is 5.47. The molecule has 25 heavy (non-hydrogen) atoms. The molecule has 134 valence electrons. The summed E-state index contributed by atoms with van der Waals surface area (Å²) in [5.74, 6) is 1.27.